The molecule has 0 radical (unpaired) electrons. The Morgan fingerprint density at radius 2 is 1.69 bits per heavy atom. The third kappa shape index (κ3) is 17.8. The molecule has 0 aliphatic carbocycles. The normalized spacial score (nSPS) is 26.1. The second kappa shape index (κ2) is 30.6. The molecule has 0 aromatic heterocycles. The van der Waals surface area contributed by atoms with Gasteiger partial charge in [-0.3, -0.25) is 38.5 Å². The Morgan fingerprint density at radius 3 is 2.32 bits per heavy atom. The van der Waals surface area contributed by atoms with Crippen LogP contribution in [0, 0.1) is 23.7 Å². The summed E-state index contributed by atoms with van der Waals surface area (Å²) in [7, 11) is 5.89. The maximum absolute atomic E-state index is 14.5. The Morgan fingerprint density at radius 1 is 0.989 bits per heavy atom. The number of halogens is 1. The van der Waals surface area contributed by atoms with Crippen LogP contribution in [0.25, 0.3) is 0 Å². The largest absolute Gasteiger partial charge is 0.495 e. The van der Waals surface area contributed by atoms with Crippen molar-refractivity contribution in [2.24, 2.45) is 29.4 Å². The summed E-state index contributed by atoms with van der Waals surface area (Å²) in [6.45, 7) is 13.0. The van der Waals surface area contributed by atoms with E-state index in [9.17, 15) is 48.3 Å². The number of allylic oxidation sites excluding steroid dienone is 3. The second-order valence-electron chi connectivity index (χ2n) is 24.4. The number of hydrogen-bond acceptors (Lipinski definition) is 16. The van der Waals surface area contributed by atoms with E-state index in [4.69, 9.17) is 53.2 Å². The van der Waals surface area contributed by atoms with Crippen molar-refractivity contribution in [3.8, 4) is 5.75 Å². The Bertz CT molecular complexity index is 2970. The molecule has 5 N–H and O–H groups in total. The first-order chi connectivity index (χ1) is 41.0. The number of likely N-dealkylation sites (N-methyl/N-ethyl adjacent to an activating group) is 1. The van der Waals surface area contributed by atoms with Gasteiger partial charge in [0, 0.05) is 76.9 Å². The zero-order valence-electron chi connectivity index (χ0n) is 51.9. The number of primary amides is 1. The third-order valence-corrected chi connectivity index (χ3v) is 18.1. The number of ether oxygens (including phenoxy) is 5. The number of carbonyl (C=O) groups is 9. The second-order valence-corrected chi connectivity index (χ2v) is 25.3. The number of urea groups is 1. The molecule has 23 heteroatoms. The van der Waals surface area contributed by atoms with Crippen LogP contribution >= 0.6 is 23.8 Å². The predicted octanol–water partition coefficient (Wildman–Crippen LogP) is 7.11. The summed E-state index contributed by atoms with van der Waals surface area (Å²) >= 11 is 12.6. The number of fused-ring (bicyclic) bond motifs is 5. The fourth-order valence-electron chi connectivity index (χ4n) is 11.7. The lowest BCUT2D eigenvalue weighted by Gasteiger charge is -2.41. The number of carbonyl (C=O) groups excluding carboxylic acids is 9. The van der Waals surface area contributed by atoms with Gasteiger partial charge in [-0.05, 0) is 112 Å². The van der Waals surface area contributed by atoms with Crippen molar-refractivity contribution in [1.29, 1.82) is 0 Å². The number of methoxy groups -OCH3 is 2. The van der Waals surface area contributed by atoms with Crippen LogP contribution in [-0.4, -0.2) is 162 Å². The van der Waals surface area contributed by atoms with Crippen LogP contribution in [0.3, 0.4) is 0 Å². The summed E-state index contributed by atoms with van der Waals surface area (Å²) in [5, 5.41) is 17.7. The van der Waals surface area contributed by atoms with Crippen LogP contribution in [0.2, 0.25) is 5.02 Å². The molecule has 21 nitrogen and oxygen atoms in total. The van der Waals surface area contributed by atoms with Gasteiger partial charge >= 0.3 is 18.0 Å². The lowest BCUT2D eigenvalue weighted by atomic mass is 9.78. The summed E-state index contributed by atoms with van der Waals surface area (Å²) < 4.78 is 29.8. The monoisotopic (exact) mass is 1250 g/mol. The maximum Gasteiger partial charge on any atom is 0.328 e. The van der Waals surface area contributed by atoms with Gasteiger partial charge in [0.1, 0.15) is 46.3 Å². The number of aliphatic hydroxyl groups is 1. The number of ketones is 1. The van der Waals surface area contributed by atoms with Crippen LogP contribution < -0.4 is 26.0 Å². The lowest BCUT2D eigenvalue weighted by molar-refractivity contribution is -0.187. The first kappa shape index (κ1) is 69.5. The quantitative estimate of drug-likeness (QED) is 0.0268. The highest BCUT2D eigenvalue weighted by Crippen LogP contribution is 2.50. The first-order valence-electron chi connectivity index (χ1n) is 29.9. The molecular formula is C64H87ClN6O15S. The van der Waals surface area contributed by atoms with E-state index in [-0.39, 0.29) is 84.6 Å². The number of amides is 7. The number of thiocarbonyl (C=S) groups is 1. The highest BCUT2D eigenvalue weighted by molar-refractivity contribution is 7.80. The van der Waals surface area contributed by atoms with E-state index in [1.165, 1.54) is 55.0 Å². The van der Waals surface area contributed by atoms with Gasteiger partial charge in [-0.15, -0.1) is 0 Å². The number of anilines is 1. The molecule has 0 saturated carbocycles. The van der Waals surface area contributed by atoms with Crippen molar-refractivity contribution in [3.05, 3.63) is 81.9 Å². The molecule has 7 amide bonds. The van der Waals surface area contributed by atoms with E-state index in [1.807, 2.05) is 26.8 Å². The predicted molar refractivity (Wildman–Crippen MR) is 330 cm³/mol. The van der Waals surface area contributed by atoms with E-state index < -0.39 is 95.7 Å². The van der Waals surface area contributed by atoms with Gasteiger partial charge in [0.2, 0.25) is 23.6 Å². The minimum atomic E-state index is -1.65. The Kier molecular flexibility index (Phi) is 24.4. The number of unbranched alkanes of at least 4 members (excludes halogenated alkanes) is 2. The molecule has 11 atom stereocenters. The number of nitrogens with zero attached hydrogens (tertiary/aromatic N) is 3. The van der Waals surface area contributed by atoms with E-state index >= 15 is 0 Å². The molecule has 4 bridgehead atoms. The molecule has 4 heterocycles. The number of rotatable bonds is 24. The minimum absolute atomic E-state index is 0.00884. The summed E-state index contributed by atoms with van der Waals surface area (Å²) in [5.74, 6) is -4.72. The topological polar surface area (TPSA) is 283 Å². The molecule has 2 aromatic rings. The van der Waals surface area contributed by atoms with Crippen LogP contribution in [0.4, 0.5) is 10.5 Å². The van der Waals surface area contributed by atoms with Crippen LogP contribution in [0.15, 0.2) is 60.2 Å². The van der Waals surface area contributed by atoms with Crippen LogP contribution in [0.1, 0.15) is 141 Å². The van der Waals surface area contributed by atoms with Gasteiger partial charge in [0.15, 0.2) is 5.78 Å². The number of nitrogens with two attached hydrogens (primary N) is 1. The third-order valence-electron chi connectivity index (χ3n) is 17.4. The summed E-state index contributed by atoms with van der Waals surface area (Å²) in [4.78, 5) is 125. The van der Waals surface area contributed by atoms with E-state index in [1.54, 1.807) is 64.2 Å². The minimum Gasteiger partial charge on any atom is -0.495 e. The molecule has 4 aliphatic rings. The van der Waals surface area contributed by atoms with Gasteiger partial charge in [0.25, 0.3) is 5.91 Å². The molecule has 3 saturated heterocycles. The lowest BCUT2D eigenvalue weighted by Crippen LogP contribution is -2.53. The van der Waals surface area contributed by atoms with Crippen molar-refractivity contribution < 1.29 is 71.9 Å². The SMILES string of the molecule is COc1cc2cc(c1Cl)N(C)C(=O)C[C@H](OC(=O)[C@H](C)N(C)C(=O)c1ccc(CC(=O)[C@H](CCCNC(N)=O)NC(=O)[C@@H](CC(=S)CCCCCN3C(=O)CC(C)C3=O)C(C)C)cc1)[C@]1(C)O[C@H]1[C@H](C)[C@@H]1C[C@@](O)(CC(=O)O1)[C@H](OC)/C=C/C=C(\C)C2. The molecule has 0 spiro atoms. The van der Waals surface area contributed by atoms with Gasteiger partial charge < -0.3 is 55.0 Å². The van der Waals surface area contributed by atoms with E-state index in [0.717, 1.165) is 24.0 Å². The van der Waals surface area contributed by atoms with Gasteiger partial charge in [0.05, 0.1) is 37.8 Å². The zero-order chi connectivity index (χ0) is 64.2. The molecular weight excluding hydrogens is 1160 g/mol. The van der Waals surface area contributed by atoms with Gasteiger partial charge in [-0.2, -0.15) is 0 Å². The number of hydrogen-bond donors (Lipinski definition) is 4. The smallest absolute Gasteiger partial charge is 0.328 e. The maximum atomic E-state index is 14.5. The summed E-state index contributed by atoms with van der Waals surface area (Å²) in [6, 6.07) is 6.92. The van der Waals surface area contributed by atoms with E-state index in [2.05, 4.69) is 10.6 Å². The molecule has 4 aliphatic heterocycles. The number of benzene rings is 2. The summed E-state index contributed by atoms with van der Waals surface area (Å²) in [5.41, 5.74) is 5.03. The fourth-order valence-corrected chi connectivity index (χ4v) is 12.3. The molecule has 1 unspecified atom stereocenters. The van der Waals surface area contributed by atoms with Crippen molar-refractivity contribution in [2.45, 2.75) is 180 Å². The zero-order valence-corrected chi connectivity index (χ0v) is 53.5. The standard InChI is InChI=1S/C64H87ClN6O15S/c1-36(2)45(32-44(87)18-13-12-14-26-71-54(74)28-38(4)59(71)77)58(76)68-46(19-16-25-67-62(66)80)48(72)30-41-21-23-43(24-22-41)60(78)69(8)40(6)61(79)85-52-33-53(73)70(9)47-29-42(31-49(82-10)56(47)65)27-37(3)17-15-20-51(83-11)64(81)34-50(84-55(75)35-64)39(5)57-63(52,7)86-57/h15,17,20-24,29,31,36,38-40,45-46,50-52,57,81H,12-14,16,18-19,25-28,30,32-35H2,1-11H3,(H,68,76)(H3,66,67,80)/b20-15+,37-17+/t38?,39-,40+,45+,46+,50+,51-,52+,57+,63+,64-/m1/s1. The Labute approximate surface area is 520 Å². The van der Waals surface area contributed by atoms with Crippen molar-refractivity contribution in [3.63, 3.8) is 0 Å². The van der Waals surface area contributed by atoms with Crippen molar-refractivity contribution in [2.75, 3.05) is 46.3 Å². The number of epoxide rings is 1. The average Bonchev–Trinajstić information content (AvgIpc) is 1.60. The average molecular weight is 1250 g/mol. The molecule has 6 rings (SSSR count). The number of imide groups is 1. The van der Waals surface area contributed by atoms with Gasteiger partial charge in [-0.1, -0.05) is 93.9 Å². The van der Waals surface area contributed by atoms with Crippen molar-refractivity contribution in [1.82, 2.24) is 20.4 Å². The highest BCUT2D eigenvalue weighted by atomic mass is 35.5. The number of esters is 2. The number of nitrogens with one attached hydrogen (secondary N) is 2. The Balaban J connectivity index is 1.14. The number of likely N-dealkylation sites (tertiary alicyclic amines) is 1. The van der Waals surface area contributed by atoms with Gasteiger partial charge in [-0.25, -0.2) is 9.59 Å². The highest BCUT2D eigenvalue weighted by Gasteiger charge is 2.64. The molecule has 476 valence electrons. The van der Waals surface area contributed by atoms with Crippen molar-refractivity contribution >= 4 is 87.7 Å². The van der Waals surface area contributed by atoms with E-state index in [0.29, 0.717) is 60.5 Å². The number of Topliss-reactive ketones (excluding diaryl/α,β-unsaturated/α-hetero) is 1. The first-order valence-corrected chi connectivity index (χ1v) is 30.7. The fraction of sp³-hybridized carbons (Fsp3) is 0.594. The Hall–Kier alpha value is -6.59. The van der Waals surface area contributed by atoms with Crippen LogP contribution in [0.5, 0.6) is 5.75 Å². The molecule has 87 heavy (non-hydrogen) atoms. The van der Waals surface area contributed by atoms with Crippen LogP contribution in [-0.2, 0) is 65.4 Å². The summed E-state index contributed by atoms with van der Waals surface area (Å²) in [6.07, 6.45) is 4.86. The molecule has 3 fully saturated rings. The molecule has 2 aromatic carbocycles.